The molecule has 2 heterocycles. The van der Waals surface area contributed by atoms with Crippen molar-refractivity contribution in [2.45, 2.75) is 32.2 Å². The first kappa shape index (κ1) is 12.1. The third-order valence-corrected chi connectivity index (χ3v) is 4.63. The Hall–Kier alpha value is -0.380. The van der Waals surface area contributed by atoms with E-state index in [0.29, 0.717) is 12.0 Å². The molecular formula is C13H21NOS. The maximum absolute atomic E-state index is 5.58. The molecule has 90 valence electrons. The molecule has 16 heavy (non-hydrogen) atoms. The molecule has 2 atom stereocenters. The van der Waals surface area contributed by atoms with E-state index in [4.69, 9.17) is 4.74 Å². The Morgan fingerprint density at radius 3 is 2.94 bits per heavy atom. The third kappa shape index (κ3) is 2.84. The monoisotopic (exact) mass is 239 g/mol. The summed E-state index contributed by atoms with van der Waals surface area (Å²) in [5, 5.41) is 3.42. The summed E-state index contributed by atoms with van der Waals surface area (Å²) >= 11 is 1.96. The molecule has 0 saturated carbocycles. The minimum absolute atomic E-state index is 0.626. The van der Waals surface area contributed by atoms with Crippen LogP contribution >= 0.6 is 11.3 Å². The Morgan fingerprint density at radius 1 is 1.44 bits per heavy atom. The molecule has 0 aliphatic carbocycles. The van der Waals surface area contributed by atoms with E-state index < -0.39 is 0 Å². The van der Waals surface area contributed by atoms with Gasteiger partial charge in [0, 0.05) is 28.3 Å². The molecule has 1 fully saturated rings. The second-order valence-corrected chi connectivity index (χ2v) is 5.70. The Bertz CT molecular complexity index is 323. The first-order valence-electron chi connectivity index (χ1n) is 6.16. The van der Waals surface area contributed by atoms with Crippen molar-refractivity contribution in [3.8, 4) is 0 Å². The van der Waals surface area contributed by atoms with Crippen LogP contribution in [0.25, 0.3) is 0 Å². The molecule has 1 saturated heterocycles. The lowest BCUT2D eigenvalue weighted by molar-refractivity contribution is 0.0345. The highest BCUT2D eigenvalue weighted by Gasteiger charge is 2.24. The van der Waals surface area contributed by atoms with Crippen LogP contribution in [0.1, 0.15) is 23.1 Å². The number of aryl methyl sites for hydroxylation is 1. The average Bonchev–Trinajstić information content (AvgIpc) is 2.77. The van der Waals surface area contributed by atoms with Crippen molar-refractivity contribution in [3.63, 3.8) is 0 Å². The molecule has 0 aromatic carbocycles. The molecular weight excluding hydrogens is 218 g/mol. The van der Waals surface area contributed by atoms with Crippen LogP contribution in [0.4, 0.5) is 0 Å². The standard InChI is InChI=1S/C13H21NOS/c1-3-11-4-5-12(16-11)8-10-9-15-7-6-13(10)14-2/h4-5,10,13-14H,3,6-9H2,1-2H3. The SMILES string of the molecule is CCc1ccc(CC2COCCC2NC)s1. The molecule has 0 amide bonds. The third-order valence-electron chi connectivity index (χ3n) is 3.37. The summed E-state index contributed by atoms with van der Waals surface area (Å²) in [6.45, 7) is 4.03. The van der Waals surface area contributed by atoms with Crippen molar-refractivity contribution in [2.75, 3.05) is 20.3 Å². The summed E-state index contributed by atoms with van der Waals surface area (Å²) in [5.41, 5.74) is 0. The van der Waals surface area contributed by atoms with Gasteiger partial charge < -0.3 is 10.1 Å². The van der Waals surface area contributed by atoms with E-state index in [1.54, 1.807) is 0 Å². The van der Waals surface area contributed by atoms with Gasteiger partial charge in [-0.1, -0.05) is 6.92 Å². The highest BCUT2D eigenvalue weighted by molar-refractivity contribution is 7.11. The number of nitrogens with one attached hydrogen (secondary N) is 1. The number of ether oxygens (including phenoxy) is 1. The summed E-state index contributed by atoms with van der Waals surface area (Å²) in [6, 6.07) is 5.17. The molecule has 2 nitrogen and oxygen atoms in total. The second-order valence-electron chi connectivity index (χ2n) is 4.44. The van der Waals surface area contributed by atoms with Gasteiger partial charge in [0.25, 0.3) is 0 Å². The largest absolute Gasteiger partial charge is 0.381 e. The van der Waals surface area contributed by atoms with Crippen LogP contribution in [-0.2, 0) is 17.6 Å². The van der Waals surface area contributed by atoms with Crippen LogP contribution in [0.15, 0.2) is 12.1 Å². The van der Waals surface area contributed by atoms with Crippen LogP contribution in [-0.4, -0.2) is 26.3 Å². The molecule has 3 heteroatoms. The van der Waals surface area contributed by atoms with Gasteiger partial charge in [-0.05, 0) is 38.4 Å². The van der Waals surface area contributed by atoms with Gasteiger partial charge in [0.1, 0.15) is 0 Å². The highest BCUT2D eigenvalue weighted by Crippen LogP contribution is 2.24. The fourth-order valence-corrected chi connectivity index (χ4v) is 3.41. The molecule has 1 aromatic heterocycles. The van der Waals surface area contributed by atoms with Gasteiger partial charge in [0.2, 0.25) is 0 Å². The van der Waals surface area contributed by atoms with E-state index in [0.717, 1.165) is 32.5 Å². The van der Waals surface area contributed by atoms with Crippen molar-refractivity contribution in [2.24, 2.45) is 5.92 Å². The quantitative estimate of drug-likeness (QED) is 0.871. The van der Waals surface area contributed by atoms with E-state index in [1.165, 1.54) is 9.75 Å². The van der Waals surface area contributed by atoms with Crippen LogP contribution < -0.4 is 5.32 Å². The van der Waals surface area contributed by atoms with Gasteiger partial charge in [-0.2, -0.15) is 0 Å². The molecule has 2 rings (SSSR count). The van der Waals surface area contributed by atoms with Crippen molar-refractivity contribution < 1.29 is 4.74 Å². The molecule has 0 radical (unpaired) electrons. The molecule has 1 aliphatic heterocycles. The van der Waals surface area contributed by atoms with Gasteiger partial charge in [0.05, 0.1) is 6.61 Å². The van der Waals surface area contributed by atoms with Gasteiger partial charge in [0.15, 0.2) is 0 Å². The zero-order valence-electron chi connectivity index (χ0n) is 10.2. The van der Waals surface area contributed by atoms with E-state index in [9.17, 15) is 0 Å². The van der Waals surface area contributed by atoms with Crippen LogP contribution in [0, 0.1) is 5.92 Å². The first-order valence-corrected chi connectivity index (χ1v) is 6.97. The van der Waals surface area contributed by atoms with Crippen LogP contribution in [0.5, 0.6) is 0 Å². The van der Waals surface area contributed by atoms with Gasteiger partial charge in [-0.3, -0.25) is 0 Å². The second kappa shape index (κ2) is 5.80. The number of hydrogen-bond donors (Lipinski definition) is 1. The average molecular weight is 239 g/mol. The Morgan fingerprint density at radius 2 is 2.25 bits per heavy atom. The highest BCUT2D eigenvalue weighted by atomic mass is 32.1. The smallest absolute Gasteiger partial charge is 0.0512 e. The van der Waals surface area contributed by atoms with Crippen LogP contribution in [0.3, 0.4) is 0 Å². The fraction of sp³-hybridized carbons (Fsp3) is 0.692. The van der Waals surface area contributed by atoms with Gasteiger partial charge in [-0.25, -0.2) is 0 Å². The molecule has 1 aliphatic rings. The van der Waals surface area contributed by atoms with E-state index in [1.807, 2.05) is 11.3 Å². The van der Waals surface area contributed by atoms with Crippen LogP contribution in [0.2, 0.25) is 0 Å². The Kier molecular flexibility index (Phi) is 4.38. The predicted molar refractivity (Wildman–Crippen MR) is 69.2 cm³/mol. The fourth-order valence-electron chi connectivity index (χ4n) is 2.36. The summed E-state index contributed by atoms with van der Waals surface area (Å²) in [6.07, 6.45) is 3.46. The lowest BCUT2D eigenvalue weighted by atomic mass is 9.92. The van der Waals surface area contributed by atoms with E-state index >= 15 is 0 Å². The maximum atomic E-state index is 5.58. The van der Waals surface area contributed by atoms with Crippen molar-refractivity contribution in [1.29, 1.82) is 0 Å². The van der Waals surface area contributed by atoms with Gasteiger partial charge in [-0.15, -0.1) is 11.3 Å². The molecule has 1 aromatic rings. The van der Waals surface area contributed by atoms with E-state index in [2.05, 4.69) is 31.4 Å². The first-order chi connectivity index (χ1) is 7.83. The number of thiophene rings is 1. The molecule has 0 spiro atoms. The predicted octanol–water partition coefficient (Wildman–Crippen LogP) is 2.48. The zero-order valence-corrected chi connectivity index (χ0v) is 11.0. The molecule has 1 N–H and O–H groups in total. The zero-order chi connectivity index (χ0) is 11.4. The van der Waals surface area contributed by atoms with Crippen molar-refractivity contribution in [3.05, 3.63) is 21.9 Å². The summed E-state index contributed by atoms with van der Waals surface area (Å²) < 4.78 is 5.58. The Balaban J connectivity index is 1.96. The molecule has 0 bridgehead atoms. The lowest BCUT2D eigenvalue weighted by Gasteiger charge is -2.31. The normalized spacial score (nSPS) is 25.9. The topological polar surface area (TPSA) is 21.3 Å². The number of hydrogen-bond acceptors (Lipinski definition) is 3. The van der Waals surface area contributed by atoms with E-state index in [-0.39, 0.29) is 0 Å². The van der Waals surface area contributed by atoms with Crippen molar-refractivity contribution in [1.82, 2.24) is 5.32 Å². The minimum atomic E-state index is 0.626. The number of rotatable bonds is 4. The minimum Gasteiger partial charge on any atom is -0.381 e. The van der Waals surface area contributed by atoms with Crippen molar-refractivity contribution >= 4 is 11.3 Å². The summed E-state index contributed by atoms with van der Waals surface area (Å²) in [7, 11) is 2.06. The lowest BCUT2D eigenvalue weighted by Crippen LogP contribution is -2.41. The summed E-state index contributed by atoms with van der Waals surface area (Å²) in [4.78, 5) is 3.00. The molecule has 2 unspecified atom stereocenters. The maximum Gasteiger partial charge on any atom is 0.0512 e. The van der Waals surface area contributed by atoms with Gasteiger partial charge >= 0.3 is 0 Å². The Labute approximate surface area is 102 Å². The summed E-state index contributed by atoms with van der Waals surface area (Å²) in [5.74, 6) is 0.641.